The summed E-state index contributed by atoms with van der Waals surface area (Å²) >= 11 is 0. The van der Waals surface area contributed by atoms with Gasteiger partial charge in [0, 0.05) is 32.5 Å². The van der Waals surface area contributed by atoms with Gasteiger partial charge in [0.05, 0.1) is 19.1 Å². The third-order valence-electron chi connectivity index (χ3n) is 6.89. The smallest absolute Gasteiger partial charge is 0.243 e. The van der Waals surface area contributed by atoms with Crippen molar-refractivity contribution < 1.29 is 22.7 Å². The Hall–Kier alpha value is -3.85. The summed E-state index contributed by atoms with van der Waals surface area (Å²) in [4.78, 5) is 28.8. The summed E-state index contributed by atoms with van der Waals surface area (Å²) in [6, 6.07) is 22.0. The number of benzene rings is 3. The number of carbonyl (C=O) groups is 2. The SMILES string of the molecule is CCNC(=O)C(Cc1ccccc1)N(Cc1cccc(OC)c1)C(=O)CCCN(c1cc(C)ccc1C)S(C)(=O)=O. The molecule has 8 nitrogen and oxygen atoms in total. The summed E-state index contributed by atoms with van der Waals surface area (Å²) in [7, 11) is -2.00. The number of nitrogens with one attached hydrogen (secondary N) is 1. The van der Waals surface area contributed by atoms with Gasteiger partial charge in [-0.2, -0.15) is 0 Å². The van der Waals surface area contributed by atoms with Crippen molar-refractivity contribution in [2.75, 3.05) is 30.8 Å². The number of hydrogen-bond donors (Lipinski definition) is 1. The molecule has 3 aromatic carbocycles. The van der Waals surface area contributed by atoms with Crippen molar-refractivity contribution in [3.8, 4) is 5.75 Å². The van der Waals surface area contributed by atoms with Gasteiger partial charge >= 0.3 is 0 Å². The summed E-state index contributed by atoms with van der Waals surface area (Å²) in [5.41, 5.74) is 4.16. The van der Waals surface area contributed by atoms with Gasteiger partial charge in [0.2, 0.25) is 21.8 Å². The number of aryl methyl sites for hydroxylation is 2. The van der Waals surface area contributed by atoms with Crippen molar-refractivity contribution >= 4 is 27.5 Å². The quantitative estimate of drug-likeness (QED) is 0.300. The van der Waals surface area contributed by atoms with Crippen molar-refractivity contribution in [2.24, 2.45) is 0 Å². The molecule has 0 aromatic heterocycles. The molecular formula is C32H41N3O5S. The van der Waals surface area contributed by atoms with Gasteiger partial charge in [-0.1, -0.05) is 54.6 Å². The standard InChI is InChI=1S/C32H41N3O5S/c1-6-33-32(37)30(22-26-12-8-7-9-13-26)34(23-27-14-10-15-28(21-27)40-4)31(36)16-11-19-35(41(5,38)39)29-20-24(2)17-18-25(29)3/h7-10,12-15,17-18,20-21,30H,6,11,16,19,22-23H2,1-5H3,(H,33,37). The minimum atomic E-state index is -3.58. The Bertz CT molecular complexity index is 1430. The summed E-state index contributed by atoms with van der Waals surface area (Å²) in [6.07, 6.45) is 1.89. The zero-order valence-electron chi connectivity index (χ0n) is 24.6. The molecule has 0 fully saturated rings. The molecule has 2 amide bonds. The minimum absolute atomic E-state index is 0.0749. The van der Waals surface area contributed by atoms with E-state index in [9.17, 15) is 18.0 Å². The van der Waals surface area contributed by atoms with Crippen molar-refractivity contribution in [1.82, 2.24) is 10.2 Å². The van der Waals surface area contributed by atoms with E-state index < -0.39 is 16.1 Å². The predicted octanol–water partition coefficient (Wildman–Crippen LogP) is 4.63. The van der Waals surface area contributed by atoms with Gasteiger partial charge in [-0.25, -0.2) is 8.42 Å². The van der Waals surface area contributed by atoms with E-state index in [0.29, 0.717) is 30.8 Å². The number of likely N-dealkylation sites (N-methyl/N-ethyl adjacent to an activating group) is 1. The fourth-order valence-electron chi connectivity index (χ4n) is 4.78. The monoisotopic (exact) mass is 579 g/mol. The maximum Gasteiger partial charge on any atom is 0.243 e. The molecular weight excluding hydrogens is 538 g/mol. The molecule has 41 heavy (non-hydrogen) atoms. The molecule has 9 heteroatoms. The normalized spacial score (nSPS) is 11.9. The molecule has 0 bridgehead atoms. The second kappa shape index (κ2) is 14.7. The molecule has 0 saturated carbocycles. The van der Waals surface area contributed by atoms with Gasteiger partial charge < -0.3 is 15.0 Å². The summed E-state index contributed by atoms with van der Waals surface area (Å²) in [5, 5.41) is 2.89. The van der Waals surface area contributed by atoms with Gasteiger partial charge in [0.1, 0.15) is 11.8 Å². The van der Waals surface area contributed by atoms with Crippen molar-refractivity contribution in [2.45, 2.75) is 52.6 Å². The molecule has 0 spiro atoms. The van der Waals surface area contributed by atoms with Gasteiger partial charge in [0.15, 0.2) is 0 Å². The van der Waals surface area contributed by atoms with Crippen LogP contribution in [0.15, 0.2) is 72.8 Å². The van der Waals surface area contributed by atoms with E-state index in [-0.39, 0.29) is 31.3 Å². The highest BCUT2D eigenvalue weighted by molar-refractivity contribution is 7.92. The average molecular weight is 580 g/mol. The highest BCUT2D eigenvalue weighted by Crippen LogP contribution is 2.25. The number of amides is 2. The van der Waals surface area contributed by atoms with E-state index in [4.69, 9.17) is 4.74 Å². The van der Waals surface area contributed by atoms with Gasteiger partial charge in [-0.15, -0.1) is 0 Å². The van der Waals surface area contributed by atoms with Gasteiger partial charge in [-0.3, -0.25) is 13.9 Å². The highest BCUT2D eigenvalue weighted by Gasteiger charge is 2.30. The zero-order chi connectivity index (χ0) is 30.0. The number of sulfonamides is 1. The topological polar surface area (TPSA) is 96.0 Å². The maximum absolute atomic E-state index is 13.9. The molecule has 3 rings (SSSR count). The number of nitrogens with zero attached hydrogens (tertiary/aromatic N) is 2. The van der Waals surface area contributed by atoms with Crippen molar-refractivity contribution in [3.05, 3.63) is 95.1 Å². The predicted molar refractivity (Wildman–Crippen MR) is 164 cm³/mol. The summed E-state index contributed by atoms with van der Waals surface area (Å²) in [6.45, 7) is 6.42. The Balaban J connectivity index is 1.90. The second-order valence-corrected chi connectivity index (χ2v) is 12.1. The van der Waals surface area contributed by atoms with Crippen LogP contribution in [-0.2, 0) is 32.6 Å². The first-order valence-corrected chi connectivity index (χ1v) is 15.7. The Morgan fingerprint density at radius 2 is 1.66 bits per heavy atom. The number of anilines is 1. The molecule has 3 aromatic rings. The lowest BCUT2D eigenvalue weighted by molar-refractivity contribution is -0.141. The van der Waals surface area contributed by atoms with E-state index in [1.54, 1.807) is 12.0 Å². The van der Waals surface area contributed by atoms with Crippen LogP contribution in [-0.4, -0.2) is 57.6 Å². The van der Waals surface area contributed by atoms with Crippen LogP contribution in [0.25, 0.3) is 0 Å². The average Bonchev–Trinajstić information content (AvgIpc) is 2.94. The fourth-order valence-corrected chi connectivity index (χ4v) is 5.80. The van der Waals surface area contributed by atoms with Gasteiger partial charge in [0.25, 0.3) is 0 Å². The van der Waals surface area contributed by atoms with Crippen LogP contribution < -0.4 is 14.4 Å². The number of hydrogen-bond acceptors (Lipinski definition) is 5. The number of ether oxygens (including phenoxy) is 1. The molecule has 1 unspecified atom stereocenters. The lowest BCUT2D eigenvalue weighted by Gasteiger charge is -2.32. The number of rotatable bonds is 14. The first kappa shape index (κ1) is 31.7. The lowest BCUT2D eigenvalue weighted by atomic mass is 10.0. The molecule has 0 saturated heterocycles. The van der Waals surface area contributed by atoms with Crippen LogP contribution in [0.5, 0.6) is 5.75 Å². The molecule has 1 atom stereocenters. The third-order valence-corrected chi connectivity index (χ3v) is 8.07. The third kappa shape index (κ3) is 9.08. The largest absolute Gasteiger partial charge is 0.497 e. The van der Waals surface area contributed by atoms with Crippen LogP contribution in [0.3, 0.4) is 0 Å². The molecule has 0 aliphatic rings. The first-order valence-electron chi connectivity index (χ1n) is 13.8. The van der Waals surface area contributed by atoms with Gasteiger partial charge in [-0.05, 0) is 67.6 Å². The highest BCUT2D eigenvalue weighted by atomic mass is 32.2. The number of carbonyl (C=O) groups excluding carboxylic acids is 2. The van der Waals surface area contributed by atoms with Crippen LogP contribution >= 0.6 is 0 Å². The first-order chi connectivity index (χ1) is 19.5. The Morgan fingerprint density at radius 3 is 2.32 bits per heavy atom. The molecule has 0 aliphatic carbocycles. The van der Waals surface area contributed by atoms with E-state index >= 15 is 0 Å². The molecule has 0 heterocycles. The number of methoxy groups -OCH3 is 1. The van der Waals surface area contributed by atoms with Crippen LogP contribution in [0.2, 0.25) is 0 Å². The van der Waals surface area contributed by atoms with Crippen LogP contribution in [0, 0.1) is 13.8 Å². The maximum atomic E-state index is 13.9. The van der Waals surface area contributed by atoms with Crippen molar-refractivity contribution in [1.29, 1.82) is 0 Å². The Labute approximate surface area is 244 Å². The van der Waals surface area contributed by atoms with E-state index in [2.05, 4.69) is 5.32 Å². The Morgan fingerprint density at radius 1 is 0.951 bits per heavy atom. The summed E-state index contributed by atoms with van der Waals surface area (Å²) in [5.74, 6) is 0.194. The lowest BCUT2D eigenvalue weighted by Crippen LogP contribution is -2.50. The summed E-state index contributed by atoms with van der Waals surface area (Å²) < 4.78 is 32.2. The second-order valence-electron chi connectivity index (χ2n) is 10.2. The Kier molecular flexibility index (Phi) is 11.3. The van der Waals surface area contributed by atoms with Crippen molar-refractivity contribution in [3.63, 3.8) is 0 Å². The molecule has 1 N–H and O–H groups in total. The fraction of sp³-hybridized carbons (Fsp3) is 0.375. The van der Waals surface area contributed by atoms with E-state index in [1.165, 1.54) is 10.6 Å². The van der Waals surface area contributed by atoms with Crippen LogP contribution in [0.1, 0.15) is 42.0 Å². The minimum Gasteiger partial charge on any atom is -0.497 e. The molecule has 0 aliphatic heterocycles. The van der Waals surface area contributed by atoms with E-state index in [0.717, 1.165) is 22.3 Å². The van der Waals surface area contributed by atoms with Crippen LogP contribution in [0.4, 0.5) is 5.69 Å². The molecule has 0 radical (unpaired) electrons. The molecule has 220 valence electrons. The zero-order valence-corrected chi connectivity index (χ0v) is 25.4. The van der Waals surface area contributed by atoms with E-state index in [1.807, 2.05) is 93.6 Å².